The van der Waals surface area contributed by atoms with Gasteiger partial charge in [-0.15, -0.1) is 11.3 Å². The van der Waals surface area contributed by atoms with Crippen LogP contribution in [0.2, 0.25) is 5.02 Å². The molecule has 0 aliphatic heterocycles. The molecule has 116 valence electrons. The van der Waals surface area contributed by atoms with E-state index in [1.165, 1.54) is 5.56 Å². The van der Waals surface area contributed by atoms with Crippen LogP contribution in [0.15, 0.2) is 41.8 Å². The summed E-state index contributed by atoms with van der Waals surface area (Å²) < 4.78 is 0. The summed E-state index contributed by atoms with van der Waals surface area (Å²) in [5.74, 6) is -0.121. The Labute approximate surface area is 143 Å². The Bertz CT molecular complexity index is 614. The summed E-state index contributed by atoms with van der Waals surface area (Å²) in [7, 11) is 0. The molecule has 0 saturated heterocycles. The Morgan fingerprint density at radius 3 is 2.64 bits per heavy atom. The van der Waals surface area contributed by atoms with Crippen molar-refractivity contribution in [2.45, 2.75) is 12.8 Å². The Morgan fingerprint density at radius 1 is 1.18 bits per heavy atom. The van der Waals surface area contributed by atoms with E-state index in [1.807, 2.05) is 41.8 Å². The number of rotatable bonds is 5. The molecule has 0 unspecified atom stereocenters. The molecule has 0 aliphatic rings. The number of hydrogen-bond acceptors (Lipinski definition) is 3. The van der Waals surface area contributed by atoms with Gasteiger partial charge in [-0.3, -0.25) is 15.6 Å². The second-order valence-corrected chi connectivity index (χ2v) is 6.44. The highest BCUT2D eigenvalue weighted by molar-refractivity contribution is 7.80. The van der Waals surface area contributed by atoms with E-state index in [1.54, 1.807) is 11.3 Å². The topological polar surface area (TPSA) is 53.2 Å². The fraction of sp³-hybridized carbons (Fsp3) is 0.200. The van der Waals surface area contributed by atoms with Crippen LogP contribution >= 0.6 is 35.2 Å². The monoisotopic (exact) mass is 353 g/mol. The van der Waals surface area contributed by atoms with E-state index in [2.05, 4.69) is 16.2 Å². The molecule has 2 rings (SSSR count). The Hall–Kier alpha value is -1.63. The van der Waals surface area contributed by atoms with Crippen molar-refractivity contribution in [2.24, 2.45) is 0 Å². The molecule has 0 radical (unpaired) electrons. The number of thiocarbonyl (C=S) groups is 1. The van der Waals surface area contributed by atoms with E-state index in [0.717, 1.165) is 16.3 Å². The first-order valence-electron chi connectivity index (χ1n) is 6.73. The number of halogens is 1. The van der Waals surface area contributed by atoms with Crippen LogP contribution in [-0.2, 0) is 17.6 Å². The van der Waals surface area contributed by atoms with Crippen LogP contribution in [0.5, 0.6) is 0 Å². The summed E-state index contributed by atoms with van der Waals surface area (Å²) in [6.45, 7) is 0.675. The summed E-state index contributed by atoms with van der Waals surface area (Å²) in [5.41, 5.74) is 6.44. The van der Waals surface area contributed by atoms with Crippen molar-refractivity contribution in [2.75, 3.05) is 6.54 Å². The zero-order valence-electron chi connectivity index (χ0n) is 11.8. The van der Waals surface area contributed by atoms with Gasteiger partial charge in [-0.1, -0.05) is 29.8 Å². The zero-order chi connectivity index (χ0) is 15.8. The maximum absolute atomic E-state index is 11.7. The van der Waals surface area contributed by atoms with Crippen molar-refractivity contribution >= 4 is 46.2 Å². The number of nitrogens with one attached hydrogen (secondary N) is 3. The average Bonchev–Trinajstić information content (AvgIpc) is 3.00. The van der Waals surface area contributed by atoms with Gasteiger partial charge in [-0.05, 0) is 47.8 Å². The first-order chi connectivity index (χ1) is 10.6. The van der Waals surface area contributed by atoms with E-state index in [-0.39, 0.29) is 5.91 Å². The standard InChI is InChI=1S/C15H16ClN3OS2/c16-12-5-3-11(4-6-12)7-8-17-15(21)19-18-14(20)10-13-2-1-9-22-13/h1-6,9H,7-8,10H2,(H,18,20)(H2,17,19,21). The van der Waals surface area contributed by atoms with Crippen LogP contribution in [0.4, 0.5) is 0 Å². The van der Waals surface area contributed by atoms with Crippen molar-refractivity contribution in [3.05, 3.63) is 57.2 Å². The highest BCUT2D eigenvalue weighted by Gasteiger charge is 2.04. The molecule has 2 aromatic rings. The third-order valence-corrected chi connectivity index (χ3v) is 4.22. The average molecular weight is 354 g/mol. The maximum atomic E-state index is 11.7. The number of amides is 1. The van der Waals surface area contributed by atoms with Crippen LogP contribution in [0, 0.1) is 0 Å². The molecular formula is C15H16ClN3OS2. The number of thiophene rings is 1. The van der Waals surface area contributed by atoms with Gasteiger partial charge in [0.05, 0.1) is 6.42 Å². The normalized spacial score (nSPS) is 10.0. The molecule has 7 heteroatoms. The van der Waals surface area contributed by atoms with Crippen LogP contribution in [0.1, 0.15) is 10.4 Å². The van der Waals surface area contributed by atoms with E-state index < -0.39 is 0 Å². The predicted molar refractivity (Wildman–Crippen MR) is 95.1 cm³/mol. The third kappa shape index (κ3) is 6.01. The molecule has 0 spiro atoms. The van der Waals surface area contributed by atoms with Crippen molar-refractivity contribution in [3.63, 3.8) is 0 Å². The molecule has 3 N–H and O–H groups in total. The van der Waals surface area contributed by atoms with Crippen molar-refractivity contribution in [3.8, 4) is 0 Å². The molecule has 0 saturated carbocycles. The minimum absolute atomic E-state index is 0.121. The fourth-order valence-electron chi connectivity index (χ4n) is 1.76. The lowest BCUT2D eigenvalue weighted by Crippen LogP contribution is -2.47. The van der Waals surface area contributed by atoms with Crippen LogP contribution in [-0.4, -0.2) is 17.6 Å². The summed E-state index contributed by atoms with van der Waals surface area (Å²) in [6, 6.07) is 11.5. The molecule has 1 amide bonds. The van der Waals surface area contributed by atoms with Gasteiger partial charge in [0.2, 0.25) is 5.91 Å². The second kappa shape index (κ2) is 8.73. The Kier molecular flexibility index (Phi) is 6.64. The van der Waals surface area contributed by atoms with E-state index in [9.17, 15) is 4.79 Å². The van der Waals surface area contributed by atoms with Crippen LogP contribution < -0.4 is 16.2 Å². The van der Waals surface area contributed by atoms with Gasteiger partial charge < -0.3 is 5.32 Å². The first-order valence-corrected chi connectivity index (χ1v) is 8.39. The molecule has 1 aromatic carbocycles. The van der Waals surface area contributed by atoms with Crippen molar-refractivity contribution in [1.82, 2.24) is 16.2 Å². The summed E-state index contributed by atoms with van der Waals surface area (Å²) in [6.07, 6.45) is 1.17. The lowest BCUT2D eigenvalue weighted by atomic mass is 10.1. The summed E-state index contributed by atoms with van der Waals surface area (Å²) in [5, 5.41) is 6.10. The van der Waals surface area contributed by atoms with Gasteiger partial charge in [0.15, 0.2) is 5.11 Å². The van der Waals surface area contributed by atoms with Crippen LogP contribution in [0.3, 0.4) is 0 Å². The fourth-order valence-corrected chi connectivity index (χ4v) is 2.74. The lowest BCUT2D eigenvalue weighted by molar-refractivity contribution is -0.120. The van der Waals surface area contributed by atoms with Gasteiger partial charge in [0.1, 0.15) is 0 Å². The second-order valence-electron chi connectivity index (χ2n) is 4.56. The van der Waals surface area contributed by atoms with Crippen molar-refractivity contribution < 1.29 is 4.79 Å². The first kappa shape index (κ1) is 16.7. The Balaban J connectivity index is 1.61. The number of benzene rings is 1. The number of carbonyl (C=O) groups excluding carboxylic acids is 1. The molecule has 22 heavy (non-hydrogen) atoms. The number of carbonyl (C=O) groups is 1. The molecule has 0 bridgehead atoms. The zero-order valence-corrected chi connectivity index (χ0v) is 14.2. The minimum Gasteiger partial charge on any atom is -0.361 e. The van der Waals surface area contributed by atoms with E-state index in [4.69, 9.17) is 23.8 Å². The molecule has 1 heterocycles. The smallest absolute Gasteiger partial charge is 0.243 e. The molecule has 4 nitrogen and oxygen atoms in total. The predicted octanol–water partition coefficient (Wildman–Crippen LogP) is 2.68. The summed E-state index contributed by atoms with van der Waals surface area (Å²) in [4.78, 5) is 12.7. The van der Waals surface area contributed by atoms with Gasteiger partial charge in [0, 0.05) is 16.4 Å². The molecule has 1 aromatic heterocycles. The summed E-state index contributed by atoms with van der Waals surface area (Å²) >= 11 is 12.5. The molecule has 0 fully saturated rings. The maximum Gasteiger partial charge on any atom is 0.243 e. The van der Waals surface area contributed by atoms with E-state index >= 15 is 0 Å². The van der Waals surface area contributed by atoms with Crippen molar-refractivity contribution in [1.29, 1.82) is 0 Å². The SMILES string of the molecule is O=C(Cc1cccs1)NNC(=S)NCCc1ccc(Cl)cc1. The van der Waals surface area contributed by atoms with Gasteiger partial charge in [-0.2, -0.15) is 0 Å². The third-order valence-electron chi connectivity index (χ3n) is 2.84. The van der Waals surface area contributed by atoms with Gasteiger partial charge in [0.25, 0.3) is 0 Å². The number of hydrogen-bond donors (Lipinski definition) is 3. The number of hydrazine groups is 1. The van der Waals surface area contributed by atoms with Gasteiger partial charge >= 0.3 is 0 Å². The van der Waals surface area contributed by atoms with Gasteiger partial charge in [-0.25, -0.2) is 0 Å². The van der Waals surface area contributed by atoms with Crippen LogP contribution in [0.25, 0.3) is 0 Å². The largest absolute Gasteiger partial charge is 0.361 e. The molecular weight excluding hydrogens is 338 g/mol. The highest BCUT2D eigenvalue weighted by atomic mass is 35.5. The lowest BCUT2D eigenvalue weighted by Gasteiger charge is -2.11. The van der Waals surface area contributed by atoms with E-state index in [0.29, 0.717) is 18.1 Å². The quantitative estimate of drug-likeness (QED) is 0.571. The molecule has 0 atom stereocenters. The molecule has 0 aliphatic carbocycles. The highest BCUT2D eigenvalue weighted by Crippen LogP contribution is 2.09. The minimum atomic E-state index is -0.121. The Morgan fingerprint density at radius 2 is 1.95 bits per heavy atom.